The van der Waals surface area contributed by atoms with Crippen LogP contribution in [0, 0.1) is 5.92 Å². The van der Waals surface area contributed by atoms with Gasteiger partial charge in [-0.25, -0.2) is 0 Å². The summed E-state index contributed by atoms with van der Waals surface area (Å²) in [5, 5.41) is 0. The molecule has 120 valence electrons. The minimum Gasteiger partial charge on any atom is -0.461 e. The fraction of sp³-hybridized carbons (Fsp3) is 0.650. The van der Waals surface area contributed by atoms with Crippen molar-refractivity contribution in [3.8, 4) is 0 Å². The van der Waals surface area contributed by atoms with Gasteiger partial charge in [0.15, 0.2) is 0 Å². The quantitative estimate of drug-likeness (QED) is 0.753. The SMILES string of the molecule is CC(C)c1ccc2c(c1)CCC1[C@](C)(OC=O)CCC[C@]21C. The Morgan fingerprint density at radius 3 is 2.73 bits per heavy atom. The Labute approximate surface area is 134 Å². The van der Waals surface area contributed by atoms with Crippen LogP contribution in [0.5, 0.6) is 0 Å². The van der Waals surface area contributed by atoms with E-state index in [0.29, 0.717) is 18.3 Å². The summed E-state index contributed by atoms with van der Waals surface area (Å²) in [6.45, 7) is 9.69. The van der Waals surface area contributed by atoms with Gasteiger partial charge in [-0.15, -0.1) is 0 Å². The van der Waals surface area contributed by atoms with Gasteiger partial charge in [0.05, 0.1) is 0 Å². The smallest absolute Gasteiger partial charge is 0.293 e. The van der Waals surface area contributed by atoms with Gasteiger partial charge in [-0.05, 0) is 67.1 Å². The molecule has 0 saturated heterocycles. The van der Waals surface area contributed by atoms with E-state index in [2.05, 4.69) is 45.9 Å². The highest BCUT2D eigenvalue weighted by molar-refractivity contribution is 5.44. The molecule has 0 amide bonds. The zero-order valence-electron chi connectivity index (χ0n) is 14.3. The summed E-state index contributed by atoms with van der Waals surface area (Å²) in [5.41, 5.74) is 4.28. The van der Waals surface area contributed by atoms with Gasteiger partial charge < -0.3 is 4.74 Å². The topological polar surface area (TPSA) is 26.3 Å². The monoisotopic (exact) mass is 300 g/mol. The van der Waals surface area contributed by atoms with Crippen LogP contribution in [0.4, 0.5) is 0 Å². The van der Waals surface area contributed by atoms with Crippen LogP contribution in [-0.2, 0) is 21.4 Å². The molecule has 0 aliphatic heterocycles. The van der Waals surface area contributed by atoms with Crippen LogP contribution < -0.4 is 0 Å². The summed E-state index contributed by atoms with van der Waals surface area (Å²) in [6, 6.07) is 7.06. The largest absolute Gasteiger partial charge is 0.461 e. The first-order valence-electron chi connectivity index (χ1n) is 8.65. The molecule has 3 rings (SSSR count). The first-order valence-corrected chi connectivity index (χ1v) is 8.65. The third-order valence-electron chi connectivity index (χ3n) is 6.31. The predicted octanol–water partition coefficient (Wildman–Crippen LogP) is 4.75. The lowest BCUT2D eigenvalue weighted by atomic mass is 9.53. The maximum Gasteiger partial charge on any atom is 0.293 e. The average Bonchev–Trinajstić information content (AvgIpc) is 2.46. The molecule has 2 aliphatic carbocycles. The Morgan fingerprint density at radius 1 is 1.27 bits per heavy atom. The van der Waals surface area contributed by atoms with Crippen LogP contribution in [0.25, 0.3) is 0 Å². The normalized spacial score (nSPS) is 34.0. The molecule has 0 bridgehead atoms. The number of hydrogen-bond acceptors (Lipinski definition) is 2. The Bertz CT molecular complexity index is 577. The molecular weight excluding hydrogens is 272 g/mol. The van der Waals surface area contributed by atoms with E-state index in [1.807, 2.05) is 0 Å². The number of carbonyl (C=O) groups excluding carboxylic acids is 1. The second kappa shape index (κ2) is 5.40. The summed E-state index contributed by atoms with van der Waals surface area (Å²) >= 11 is 0. The van der Waals surface area contributed by atoms with E-state index in [0.717, 1.165) is 25.7 Å². The Morgan fingerprint density at radius 2 is 2.05 bits per heavy atom. The molecule has 22 heavy (non-hydrogen) atoms. The van der Waals surface area contributed by atoms with Gasteiger partial charge in [-0.3, -0.25) is 4.79 Å². The number of ether oxygens (including phenoxy) is 1. The van der Waals surface area contributed by atoms with Crippen molar-refractivity contribution >= 4 is 6.47 Å². The summed E-state index contributed by atoms with van der Waals surface area (Å²) < 4.78 is 5.60. The lowest BCUT2D eigenvalue weighted by molar-refractivity contribution is -0.158. The second-order valence-corrected chi connectivity index (χ2v) is 7.96. The minimum absolute atomic E-state index is 0.138. The highest BCUT2D eigenvalue weighted by Gasteiger charge is 2.53. The van der Waals surface area contributed by atoms with Crippen LogP contribution in [0.15, 0.2) is 18.2 Å². The van der Waals surface area contributed by atoms with Crippen molar-refractivity contribution in [1.29, 1.82) is 0 Å². The first-order chi connectivity index (χ1) is 10.4. The zero-order chi connectivity index (χ0) is 16.0. The molecule has 1 aromatic carbocycles. The molecule has 0 radical (unpaired) electrons. The molecule has 1 fully saturated rings. The summed E-state index contributed by atoms with van der Waals surface area (Å²) in [7, 11) is 0. The fourth-order valence-electron chi connectivity index (χ4n) is 5.06. The zero-order valence-corrected chi connectivity index (χ0v) is 14.3. The van der Waals surface area contributed by atoms with E-state index in [1.165, 1.54) is 23.1 Å². The number of rotatable bonds is 3. The van der Waals surface area contributed by atoms with E-state index in [-0.39, 0.29) is 11.0 Å². The maximum absolute atomic E-state index is 11.0. The highest BCUT2D eigenvalue weighted by Crippen LogP contribution is 2.54. The molecule has 0 spiro atoms. The van der Waals surface area contributed by atoms with Gasteiger partial charge in [-0.2, -0.15) is 0 Å². The van der Waals surface area contributed by atoms with E-state index in [9.17, 15) is 4.79 Å². The maximum atomic E-state index is 11.0. The number of carbonyl (C=O) groups is 1. The molecule has 0 aromatic heterocycles. The number of fused-ring (bicyclic) bond motifs is 3. The Hall–Kier alpha value is -1.31. The molecule has 0 heterocycles. The molecule has 1 aromatic rings. The second-order valence-electron chi connectivity index (χ2n) is 7.96. The fourth-order valence-corrected chi connectivity index (χ4v) is 5.06. The van der Waals surface area contributed by atoms with E-state index < -0.39 is 0 Å². The number of benzene rings is 1. The molecule has 2 aliphatic rings. The van der Waals surface area contributed by atoms with Crippen LogP contribution in [0.3, 0.4) is 0 Å². The molecule has 2 nitrogen and oxygen atoms in total. The van der Waals surface area contributed by atoms with Crippen LogP contribution in [-0.4, -0.2) is 12.1 Å². The van der Waals surface area contributed by atoms with Crippen LogP contribution in [0.1, 0.15) is 76.0 Å². The van der Waals surface area contributed by atoms with Gasteiger partial charge in [0.1, 0.15) is 5.60 Å². The van der Waals surface area contributed by atoms with Gasteiger partial charge in [0, 0.05) is 5.92 Å². The van der Waals surface area contributed by atoms with E-state index in [4.69, 9.17) is 4.74 Å². The molecule has 0 N–H and O–H groups in total. The predicted molar refractivity (Wildman–Crippen MR) is 89.1 cm³/mol. The molecular formula is C20H28O2. The average molecular weight is 300 g/mol. The molecule has 3 atom stereocenters. The van der Waals surface area contributed by atoms with Gasteiger partial charge in [0.2, 0.25) is 0 Å². The van der Waals surface area contributed by atoms with E-state index >= 15 is 0 Å². The van der Waals surface area contributed by atoms with Crippen LogP contribution >= 0.6 is 0 Å². The number of hydrogen-bond donors (Lipinski definition) is 0. The van der Waals surface area contributed by atoms with Crippen molar-refractivity contribution in [3.05, 3.63) is 34.9 Å². The summed E-state index contributed by atoms with van der Waals surface area (Å²) in [5.74, 6) is 1.00. The summed E-state index contributed by atoms with van der Waals surface area (Å²) in [4.78, 5) is 11.0. The van der Waals surface area contributed by atoms with Gasteiger partial charge in [-0.1, -0.05) is 39.0 Å². The van der Waals surface area contributed by atoms with Crippen molar-refractivity contribution in [1.82, 2.24) is 0 Å². The van der Waals surface area contributed by atoms with Crippen molar-refractivity contribution in [3.63, 3.8) is 0 Å². The standard InChI is InChI=1S/C20H28O2/c1-14(2)15-6-8-17-16(12-15)7-9-18-19(17,3)10-5-11-20(18,4)22-13-21/h6,8,12-14,18H,5,7,9-11H2,1-4H3/t18?,19-,20-/m1/s1. The lowest BCUT2D eigenvalue weighted by Gasteiger charge is -2.54. The van der Waals surface area contributed by atoms with Crippen molar-refractivity contribution < 1.29 is 9.53 Å². The van der Waals surface area contributed by atoms with Gasteiger partial charge >= 0.3 is 0 Å². The lowest BCUT2D eigenvalue weighted by Crippen LogP contribution is -2.54. The molecule has 1 unspecified atom stereocenters. The molecule has 2 heteroatoms. The third kappa shape index (κ3) is 2.28. The Kier molecular flexibility index (Phi) is 3.82. The van der Waals surface area contributed by atoms with Crippen molar-refractivity contribution in [2.24, 2.45) is 5.92 Å². The minimum atomic E-state index is -0.302. The highest BCUT2D eigenvalue weighted by atomic mass is 16.5. The number of aryl methyl sites for hydroxylation is 1. The van der Waals surface area contributed by atoms with Crippen molar-refractivity contribution in [2.75, 3.05) is 0 Å². The summed E-state index contributed by atoms with van der Waals surface area (Å²) in [6.07, 6.45) is 5.54. The van der Waals surface area contributed by atoms with Gasteiger partial charge in [0.25, 0.3) is 6.47 Å². The van der Waals surface area contributed by atoms with Crippen molar-refractivity contribution in [2.45, 2.75) is 76.7 Å². The van der Waals surface area contributed by atoms with E-state index in [1.54, 1.807) is 0 Å². The third-order valence-corrected chi connectivity index (χ3v) is 6.31. The molecule has 1 saturated carbocycles. The Balaban J connectivity index is 2.03. The first kappa shape index (κ1) is 15.6. The van der Waals surface area contributed by atoms with Crippen LogP contribution in [0.2, 0.25) is 0 Å².